The lowest BCUT2D eigenvalue weighted by Crippen LogP contribution is -1.86. The molecule has 0 bridgehead atoms. The van der Waals surface area contributed by atoms with Crippen molar-refractivity contribution in [3.8, 4) is 6.07 Å². The van der Waals surface area contributed by atoms with Crippen LogP contribution < -0.4 is 0 Å². The molecular formula is C4H4ClN. The second-order valence-electron chi connectivity index (χ2n) is 1.58. The molecule has 0 aromatic heterocycles. The molecule has 0 aromatic carbocycles. The minimum atomic E-state index is -0.431. The summed E-state index contributed by atoms with van der Waals surface area (Å²) in [7, 11) is 0. The number of hydrogen-bond donors (Lipinski definition) is 0. The highest BCUT2D eigenvalue weighted by molar-refractivity contribution is 6.27. The van der Waals surface area contributed by atoms with E-state index < -0.39 is 4.87 Å². The second-order valence-corrected chi connectivity index (χ2v) is 2.30. The van der Waals surface area contributed by atoms with E-state index in [4.69, 9.17) is 16.9 Å². The van der Waals surface area contributed by atoms with E-state index in [1.54, 1.807) is 0 Å². The molecule has 6 heavy (non-hydrogen) atoms. The lowest BCUT2D eigenvalue weighted by molar-refractivity contribution is 1.18. The first-order valence-corrected chi connectivity index (χ1v) is 2.25. The van der Waals surface area contributed by atoms with E-state index in [2.05, 4.69) is 0 Å². The van der Waals surface area contributed by atoms with Crippen LogP contribution in [0.1, 0.15) is 12.8 Å². The van der Waals surface area contributed by atoms with Gasteiger partial charge in [0.25, 0.3) is 0 Å². The maximum absolute atomic E-state index is 8.08. The van der Waals surface area contributed by atoms with Crippen LogP contribution in [0.5, 0.6) is 0 Å². The molecule has 0 aromatic rings. The Bertz CT molecular complexity index is 98.6. The fourth-order valence-electron chi connectivity index (χ4n) is 0.222. The quantitative estimate of drug-likeness (QED) is 0.422. The molecule has 0 N–H and O–H groups in total. The first-order chi connectivity index (χ1) is 2.77. The van der Waals surface area contributed by atoms with Crippen molar-refractivity contribution in [1.82, 2.24) is 0 Å². The zero-order chi connectivity index (χ0) is 4.62. The summed E-state index contributed by atoms with van der Waals surface area (Å²) in [5.41, 5.74) is 0. The number of halogens is 1. The molecule has 1 aliphatic carbocycles. The van der Waals surface area contributed by atoms with Crippen LogP contribution in [0.3, 0.4) is 0 Å². The SMILES string of the molecule is N#CC1(Cl)CC1. The summed E-state index contributed by atoms with van der Waals surface area (Å²) in [6, 6.07) is 1.98. The lowest BCUT2D eigenvalue weighted by Gasteiger charge is -1.79. The zero-order valence-corrected chi connectivity index (χ0v) is 4.00. The van der Waals surface area contributed by atoms with Gasteiger partial charge in [0.05, 0.1) is 6.07 Å². The first-order valence-electron chi connectivity index (χ1n) is 1.87. The van der Waals surface area contributed by atoms with Gasteiger partial charge in [-0.15, -0.1) is 11.6 Å². The molecule has 0 atom stereocenters. The topological polar surface area (TPSA) is 23.8 Å². The Kier molecular flexibility index (Phi) is 0.584. The lowest BCUT2D eigenvalue weighted by atomic mass is 10.5. The van der Waals surface area contributed by atoms with Crippen molar-refractivity contribution in [2.45, 2.75) is 17.7 Å². The molecule has 0 spiro atoms. The van der Waals surface area contributed by atoms with Gasteiger partial charge in [-0.3, -0.25) is 0 Å². The van der Waals surface area contributed by atoms with Gasteiger partial charge in [0.15, 0.2) is 0 Å². The van der Waals surface area contributed by atoms with Gasteiger partial charge in [-0.25, -0.2) is 0 Å². The summed E-state index contributed by atoms with van der Waals surface area (Å²) in [6.45, 7) is 0. The molecule has 0 amide bonds. The average Bonchev–Trinajstić information content (AvgIpc) is 2.22. The molecule has 1 rings (SSSR count). The number of hydrogen-bond acceptors (Lipinski definition) is 1. The molecule has 0 aliphatic heterocycles. The molecule has 32 valence electrons. The van der Waals surface area contributed by atoms with Crippen LogP contribution in [-0.2, 0) is 0 Å². The van der Waals surface area contributed by atoms with E-state index in [1.165, 1.54) is 0 Å². The monoisotopic (exact) mass is 101 g/mol. The Labute approximate surface area is 41.5 Å². The third-order valence-corrected chi connectivity index (χ3v) is 1.35. The molecule has 2 heteroatoms. The van der Waals surface area contributed by atoms with Crippen molar-refractivity contribution < 1.29 is 0 Å². The van der Waals surface area contributed by atoms with Gasteiger partial charge < -0.3 is 0 Å². The van der Waals surface area contributed by atoms with Crippen LogP contribution in [0.4, 0.5) is 0 Å². The van der Waals surface area contributed by atoms with E-state index in [0.717, 1.165) is 12.8 Å². The molecule has 1 saturated carbocycles. The molecule has 0 saturated heterocycles. The largest absolute Gasteiger partial charge is 0.196 e. The van der Waals surface area contributed by atoms with Crippen molar-refractivity contribution in [3.05, 3.63) is 0 Å². The predicted octanol–water partition coefficient (Wildman–Crippen LogP) is 1.28. The maximum atomic E-state index is 8.08. The Hall–Kier alpha value is -0.220. The van der Waals surface area contributed by atoms with Crippen molar-refractivity contribution in [1.29, 1.82) is 5.26 Å². The fourth-order valence-corrected chi connectivity index (χ4v) is 0.316. The van der Waals surface area contributed by atoms with Crippen LogP contribution >= 0.6 is 11.6 Å². The van der Waals surface area contributed by atoms with Gasteiger partial charge in [0, 0.05) is 0 Å². The van der Waals surface area contributed by atoms with Crippen LogP contribution in [0.2, 0.25) is 0 Å². The second kappa shape index (κ2) is 0.886. The summed E-state index contributed by atoms with van der Waals surface area (Å²) in [5, 5.41) is 8.08. The summed E-state index contributed by atoms with van der Waals surface area (Å²) < 4.78 is 0. The highest BCUT2D eigenvalue weighted by atomic mass is 35.5. The molecule has 0 radical (unpaired) electrons. The summed E-state index contributed by atoms with van der Waals surface area (Å²) in [5.74, 6) is 0. The average molecular weight is 102 g/mol. The number of nitrogens with zero attached hydrogens (tertiary/aromatic N) is 1. The van der Waals surface area contributed by atoms with E-state index in [9.17, 15) is 0 Å². The Morgan fingerprint density at radius 3 is 2.17 bits per heavy atom. The van der Waals surface area contributed by atoms with E-state index in [-0.39, 0.29) is 0 Å². The summed E-state index contributed by atoms with van der Waals surface area (Å²) >= 11 is 5.47. The molecule has 0 heterocycles. The van der Waals surface area contributed by atoms with E-state index in [0.29, 0.717) is 0 Å². The number of rotatable bonds is 0. The van der Waals surface area contributed by atoms with Crippen molar-refractivity contribution in [3.63, 3.8) is 0 Å². The molecule has 0 unspecified atom stereocenters. The Morgan fingerprint density at radius 1 is 1.67 bits per heavy atom. The summed E-state index contributed by atoms with van der Waals surface area (Å²) in [6.07, 6.45) is 1.76. The number of nitriles is 1. The van der Waals surface area contributed by atoms with Crippen molar-refractivity contribution in [2.24, 2.45) is 0 Å². The zero-order valence-electron chi connectivity index (χ0n) is 3.24. The van der Waals surface area contributed by atoms with Gasteiger partial charge >= 0.3 is 0 Å². The van der Waals surface area contributed by atoms with Gasteiger partial charge in [-0.2, -0.15) is 5.26 Å². The van der Waals surface area contributed by atoms with Crippen LogP contribution in [0.25, 0.3) is 0 Å². The van der Waals surface area contributed by atoms with Crippen LogP contribution in [0.15, 0.2) is 0 Å². The molecule has 1 nitrogen and oxygen atoms in total. The van der Waals surface area contributed by atoms with Gasteiger partial charge in [-0.05, 0) is 12.8 Å². The van der Waals surface area contributed by atoms with Crippen molar-refractivity contribution in [2.75, 3.05) is 0 Å². The third-order valence-electron chi connectivity index (χ3n) is 0.889. The van der Waals surface area contributed by atoms with Gasteiger partial charge in [-0.1, -0.05) is 0 Å². The van der Waals surface area contributed by atoms with E-state index in [1.807, 2.05) is 6.07 Å². The highest BCUT2D eigenvalue weighted by Crippen LogP contribution is 2.41. The van der Waals surface area contributed by atoms with Gasteiger partial charge in [0.1, 0.15) is 4.87 Å². The predicted molar refractivity (Wildman–Crippen MR) is 23.4 cm³/mol. The molecule has 1 aliphatic rings. The minimum Gasteiger partial charge on any atom is -0.196 e. The van der Waals surface area contributed by atoms with Crippen molar-refractivity contribution >= 4 is 11.6 Å². The smallest absolute Gasteiger partial charge is 0.131 e. The van der Waals surface area contributed by atoms with Gasteiger partial charge in [0.2, 0.25) is 0 Å². The maximum Gasteiger partial charge on any atom is 0.131 e. The highest BCUT2D eigenvalue weighted by Gasteiger charge is 2.40. The normalized spacial score (nSPS) is 25.3. The van der Waals surface area contributed by atoms with Crippen LogP contribution in [-0.4, -0.2) is 4.87 Å². The fraction of sp³-hybridized carbons (Fsp3) is 0.750. The minimum absolute atomic E-state index is 0.431. The van der Waals surface area contributed by atoms with E-state index >= 15 is 0 Å². The molecule has 1 fully saturated rings. The Morgan fingerprint density at radius 2 is 2.17 bits per heavy atom. The molecular weight excluding hydrogens is 97.5 g/mol. The standard InChI is InChI=1S/C4H4ClN/c5-4(3-6)1-2-4/h1-2H2. The number of alkyl halides is 1. The summed E-state index contributed by atoms with van der Waals surface area (Å²) in [4.78, 5) is -0.431. The third kappa shape index (κ3) is 0.483. The van der Waals surface area contributed by atoms with Crippen LogP contribution in [0, 0.1) is 11.3 Å². The Balaban J connectivity index is 2.54. The first kappa shape index (κ1) is 3.95.